The summed E-state index contributed by atoms with van der Waals surface area (Å²) in [5.41, 5.74) is 6.32. The average molecular weight is 272 g/mol. The summed E-state index contributed by atoms with van der Waals surface area (Å²) in [5.74, 6) is 0.745. The van der Waals surface area contributed by atoms with Gasteiger partial charge in [0.1, 0.15) is 5.75 Å². The first kappa shape index (κ1) is 14.9. The standard InChI is InChI=1S/C12H20N2O3S/c1-3-12(8-13)18(15,16)14-9-10-4-6-11(17-2)7-5-10/h4-7,12,14H,3,8-9,13H2,1-2H3. The van der Waals surface area contributed by atoms with E-state index >= 15 is 0 Å². The zero-order chi connectivity index (χ0) is 13.6. The summed E-state index contributed by atoms with van der Waals surface area (Å²) in [5, 5.41) is -0.532. The maximum absolute atomic E-state index is 11.9. The molecule has 18 heavy (non-hydrogen) atoms. The van der Waals surface area contributed by atoms with E-state index in [0.717, 1.165) is 11.3 Å². The fourth-order valence-electron chi connectivity index (χ4n) is 1.56. The maximum Gasteiger partial charge on any atom is 0.216 e. The predicted octanol–water partition coefficient (Wildman–Crippen LogP) is 0.852. The molecule has 0 saturated heterocycles. The number of nitrogens with one attached hydrogen (secondary N) is 1. The predicted molar refractivity (Wildman–Crippen MR) is 71.9 cm³/mol. The zero-order valence-electron chi connectivity index (χ0n) is 10.7. The summed E-state index contributed by atoms with van der Waals surface area (Å²) in [7, 11) is -1.75. The number of rotatable bonds is 7. The van der Waals surface area contributed by atoms with E-state index in [2.05, 4.69) is 4.72 Å². The van der Waals surface area contributed by atoms with Crippen LogP contribution < -0.4 is 15.2 Å². The minimum absolute atomic E-state index is 0.133. The van der Waals surface area contributed by atoms with Crippen LogP contribution in [-0.4, -0.2) is 27.3 Å². The first-order chi connectivity index (χ1) is 8.53. The summed E-state index contributed by atoms with van der Waals surface area (Å²) in [4.78, 5) is 0. The third-order valence-electron chi connectivity index (χ3n) is 2.79. The van der Waals surface area contributed by atoms with E-state index in [9.17, 15) is 8.42 Å². The van der Waals surface area contributed by atoms with Gasteiger partial charge in [0.15, 0.2) is 0 Å². The molecule has 1 aromatic carbocycles. The van der Waals surface area contributed by atoms with Crippen molar-refractivity contribution in [2.24, 2.45) is 5.73 Å². The number of hydrogen-bond donors (Lipinski definition) is 2. The van der Waals surface area contributed by atoms with Gasteiger partial charge in [-0.3, -0.25) is 0 Å². The van der Waals surface area contributed by atoms with Gasteiger partial charge in [0.2, 0.25) is 10.0 Å². The fraction of sp³-hybridized carbons (Fsp3) is 0.500. The molecule has 0 heterocycles. The number of benzene rings is 1. The molecule has 1 atom stereocenters. The summed E-state index contributed by atoms with van der Waals surface area (Å²) in [6, 6.07) is 7.24. The first-order valence-corrected chi connectivity index (χ1v) is 7.39. The monoisotopic (exact) mass is 272 g/mol. The van der Waals surface area contributed by atoms with Crippen molar-refractivity contribution in [2.45, 2.75) is 25.1 Å². The third kappa shape index (κ3) is 3.97. The highest BCUT2D eigenvalue weighted by atomic mass is 32.2. The van der Waals surface area contributed by atoms with Gasteiger partial charge in [-0.15, -0.1) is 0 Å². The lowest BCUT2D eigenvalue weighted by molar-refractivity contribution is 0.414. The molecule has 0 saturated carbocycles. The van der Waals surface area contributed by atoms with Crippen LogP contribution in [0.1, 0.15) is 18.9 Å². The quantitative estimate of drug-likeness (QED) is 0.771. The van der Waals surface area contributed by atoms with Crippen molar-refractivity contribution in [1.82, 2.24) is 4.72 Å². The van der Waals surface area contributed by atoms with Crippen LogP contribution >= 0.6 is 0 Å². The van der Waals surface area contributed by atoms with Crippen molar-refractivity contribution < 1.29 is 13.2 Å². The molecule has 0 radical (unpaired) electrons. The fourth-order valence-corrected chi connectivity index (χ4v) is 2.85. The van der Waals surface area contributed by atoms with E-state index in [1.54, 1.807) is 19.2 Å². The molecule has 0 bridgehead atoms. The molecule has 0 aliphatic carbocycles. The van der Waals surface area contributed by atoms with E-state index in [-0.39, 0.29) is 13.1 Å². The molecule has 0 fully saturated rings. The van der Waals surface area contributed by atoms with Crippen LogP contribution in [0.4, 0.5) is 0 Å². The summed E-state index contributed by atoms with van der Waals surface area (Å²) in [6.45, 7) is 2.21. The molecular formula is C12H20N2O3S. The van der Waals surface area contributed by atoms with Crippen molar-refractivity contribution in [3.8, 4) is 5.75 Å². The molecule has 6 heteroatoms. The number of nitrogens with two attached hydrogens (primary N) is 1. The number of methoxy groups -OCH3 is 1. The van der Waals surface area contributed by atoms with Crippen LogP contribution in [0, 0.1) is 0 Å². The van der Waals surface area contributed by atoms with Crippen LogP contribution in [0.5, 0.6) is 5.75 Å². The molecule has 3 N–H and O–H groups in total. The maximum atomic E-state index is 11.9. The Kier molecular flexibility index (Phi) is 5.58. The highest BCUT2D eigenvalue weighted by Gasteiger charge is 2.21. The Balaban J connectivity index is 2.63. The van der Waals surface area contributed by atoms with Gasteiger partial charge >= 0.3 is 0 Å². The molecule has 0 aromatic heterocycles. The molecular weight excluding hydrogens is 252 g/mol. The molecule has 0 aliphatic rings. The highest BCUT2D eigenvalue weighted by molar-refractivity contribution is 7.90. The second kappa shape index (κ2) is 6.72. The first-order valence-electron chi connectivity index (χ1n) is 5.85. The van der Waals surface area contributed by atoms with Gasteiger partial charge in [-0.1, -0.05) is 19.1 Å². The lowest BCUT2D eigenvalue weighted by atomic mass is 10.2. The second-order valence-corrected chi connectivity index (χ2v) is 6.03. The Hall–Kier alpha value is -1.11. The second-order valence-electron chi connectivity index (χ2n) is 3.98. The lowest BCUT2D eigenvalue weighted by Crippen LogP contribution is -2.38. The van der Waals surface area contributed by atoms with Gasteiger partial charge in [-0.25, -0.2) is 13.1 Å². The normalized spacial score (nSPS) is 13.3. The molecule has 0 aliphatic heterocycles. The molecule has 1 rings (SSSR count). The molecule has 5 nitrogen and oxygen atoms in total. The summed E-state index contributed by atoms with van der Waals surface area (Å²) >= 11 is 0. The van der Waals surface area contributed by atoms with Gasteiger partial charge in [0.25, 0.3) is 0 Å². The Morgan fingerprint density at radius 2 is 1.94 bits per heavy atom. The summed E-state index contributed by atoms with van der Waals surface area (Å²) in [6.07, 6.45) is 0.508. The highest BCUT2D eigenvalue weighted by Crippen LogP contribution is 2.12. The van der Waals surface area contributed by atoms with Crippen molar-refractivity contribution in [2.75, 3.05) is 13.7 Å². The number of sulfonamides is 1. The van der Waals surface area contributed by atoms with Crippen LogP contribution in [0.25, 0.3) is 0 Å². The minimum atomic E-state index is -3.34. The van der Waals surface area contributed by atoms with Crippen LogP contribution in [0.15, 0.2) is 24.3 Å². The lowest BCUT2D eigenvalue weighted by Gasteiger charge is -2.14. The SMILES string of the molecule is CCC(CN)S(=O)(=O)NCc1ccc(OC)cc1. The van der Waals surface area contributed by atoms with Crippen LogP contribution in [-0.2, 0) is 16.6 Å². The van der Waals surface area contributed by atoms with Gasteiger partial charge in [0, 0.05) is 13.1 Å². The van der Waals surface area contributed by atoms with E-state index in [1.165, 1.54) is 0 Å². The Labute approximate surface area is 108 Å². The Morgan fingerprint density at radius 3 is 2.39 bits per heavy atom. The van der Waals surface area contributed by atoms with Gasteiger partial charge in [-0.05, 0) is 24.1 Å². The molecule has 102 valence electrons. The Bertz CT molecular complexity index is 453. The number of hydrogen-bond acceptors (Lipinski definition) is 4. The molecule has 0 spiro atoms. The summed E-state index contributed by atoms with van der Waals surface area (Å²) < 4.78 is 31.3. The Morgan fingerprint density at radius 1 is 1.33 bits per heavy atom. The van der Waals surface area contributed by atoms with Crippen molar-refractivity contribution >= 4 is 10.0 Å². The smallest absolute Gasteiger partial charge is 0.216 e. The van der Waals surface area contributed by atoms with Crippen molar-refractivity contribution in [3.05, 3.63) is 29.8 Å². The van der Waals surface area contributed by atoms with Crippen molar-refractivity contribution in [1.29, 1.82) is 0 Å². The van der Waals surface area contributed by atoms with Gasteiger partial charge in [-0.2, -0.15) is 0 Å². The third-order valence-corrected chi connectivity index (χ3v) is 4.74. The van der Waals surface area contributed by atoms with Crippen LogP contribution in [0.3, 0.4) is 0 Å². The van der Waals surface area contributed by atoms with Gasteiger partial charge < -0.3 is 10.5 Å². The molecule has 1 unspecified atom stereocenters. The largest absolute Gasteiger partial charge is 0.497 e. The topological polar surface area (TPSA) is 81.4 Å². The van der Waals surface area contributed by atoms with E-state index in [4.69, 9.17) is 10.5 Å². The van der Waals surface area contributed by atoms with Crippen LogP contribution in [0.2, 0.25) is 0 Å². The minimum Gasteiger partial charge on any atom is -0.497 e. The number of ether oxygens (including phenoxy) is 1. The average Bonchev–Trinajstić information content (AvgIpc) is 2.38. The van der Waals surface area contributed by atoms with E-state index in [1.807, 2.05) is 19.1 Å². The van der Waals surface area contributed by atoms with Crippen molar-refractivity contribution in [3.63, 3.8) is 0 Å². The zero-order valence-corrected chi connectivity index (χ0v) is 11.5. The van der Waals surface area contributed by atoms with E-state index in [0.29, 0.717) is 6.42 Å². The van der Waals surface area contributed by atoms with Gasteiger partial charge in [0.05, 0.1) is 12.4 Å². The molecule has 1 aromatic rings. The van der Waals surface area contributed by atoms with E-state index < -0.39 is 15.3 Å². The molecule has 0 amide bonds.